The molecule has 1 aliphatic rings. The Morgan fingerprint density at radius 1 is 1.67 bits per heavy atom. The first-order valence-electron chi connectivity index (χ1n) is 5.15. The normalized spacial score (nSPS) is 24.9. The first kappa shape index (κ1) is 10.6. The Labute approximate surface area is 92.4 Å². The number of aliphatic carboxylic acids is 1. The van der Waals surface area contributed by atoms with E-state index in [4.69, 9.17) is 5.11 Å². The number of carboxylic acid groups (broad SMARTS) is 1. The van der Waals surface area contributed by atoms with Crippen LogP contribution in [0.5, 0.6) is 0 Å². The molecule has 1 aromatic heterocycles. The summed E-state index contributed by atoms with van der Waals surface area (Å²) in [5, 5.41) is 19.2. The third-order valence-electron chi connectivity index (χ3n) is 2.95. The van der Waals surface area contributed by atoms with Gasteiger partial charge in [-0.15, -0.1) is 11.3 Å². The van der Waals surface area contributed by atoms with Crippen molar-refractivity contribution >= 4 is 17.3 Å². The predicted octanol–water partition coefficient (Wildman–Crippen LogP) is 1.92. The SMILES string of the molecule is CCc1cc2c(s1)CCCC2(O)C(=O)O. The van der Waals surface area contributed by atoms with Gasteiger partial charge in [-0.25, -0.2) is 4.79 Å². The van der Waals surface area contributed by atoms with Crippen molar-refractivity contribution in [3.8, 4) is 0 Å². The number of aliphatic hydroxyl groups is 1. The monoisotopic (exact) mass is 226 g/mol. The highest BCUT2D eigenvalue weighted by Crippen LogP contribution is 2.40. The minimum atomic E-state index is -1.64. The van der Waals surface area contributed by atoms with Gasteiger partial charge in [0.05, 0.1) is 0 Å². The molecule has 0 aromatic carbocycles. The quantitative estimate of drug-likeness (QED) is 0.810. The van der Waals surface area contributed by atoms with Gasteiger partial charge < -0.3 is 10.2 Å². The Morgan fingerprint density at radius 3 is 3.00 bits per heavy atom. The lowest BCUT2D eigenvalue weighted by molar-refractivity contribution is -0.161. The molecule has 0 amide bonds. The fraction of sp³-hybridized carbons (Fsp3) is 0.545. The Balaban J connectivity index is 2.50. The van der Waals surface area contributed by atoms with E-state index in [1.165, 1.54) is 0 Å². The van der Waals surface area contributed by atoms with E-state index in [2.05, 4.69) is 0 Å². The van der Waals surface area contributed by atoms with Crippen LogP contribution in [-0.4, -0.2) is 16.2 Å². The third kappa shape index (κ3) is 1.58. The maximum Gasteiger partial charge on any atom is 0.340 e. The van der Waals surface area contributed by atoms with Crippen LogP contribution in [0.15, 0.2) is 6.07 Å². The van der Waals surface area contributed by atoms with Gasteiger partial charge in [-0.3, -0.25) is 0 Å². The van der Waals surface area contributed by atoms with Gasteiger partial charge in [0.2, 0.25) is 0 Å². The Morgan fingerprint density at radius 2 is 2.40 bits per heavy atom. The summed E-state index contributed by atoms with van der Waals surface area (Å²) in [4.78, 5) is 13.3. The average Bonchev–Trinajstić information content (AvgIpc) is 2.62. The second-order valence-electron chi connectivity index (χ2n) is 3.92. The van der Waals surface area contributed by atoms with Crippen molar-refractivity contribution in [1.82, 2.24) is 0 Å². The number of aryl methyl sites for hydroxylation is 2. The van der Waals surface area contributed by atoms with E-state index in [1.807, 2.05) is 13.0 Å². The van der Waals surface area contributed by atoms with Crippen molar-refractivity contribution < 1.29 is 15.0 Å². The lowest BCUT2D eigenvalue weighted by Gasteiger charge is -2.27. The summed E-state index contributed by atoms with van der Waals surface area (Å²) in [5.74, 6) is -1.12. The lowest BCUT2D eigenvalue weighted by Crippen LogP contribution is -2.38. The minimum absolute atomic E-state index is 0.329. The van der Waals surface area contributed by atoms with E-state index < -0.39 is 11.6 Å². The molecule has 4 heteroatoms. The van der Waals surface area contributed by atoms with Gasteiger partial charge in [-0.05, 0) is 31.7 Å². The topological polar surface area (TPSA) is 57.5 Å². The number of rotatable bonds is 2. The summed E-state index contributed by atoms with van der Waals surface area (Å²) in [6.07, 6.45) is 2.87. The molecule has 0 spiro atoms. The van der Waals surface area contributed by atoms with Gasteiger partial charge in [-0.2, -0.15) is 0 Å². The molecule has 1 aromatic rings. The van der Waals surface area contributed by atoms with E-state index in [1.54, 1.807) is 11.3 Å². The van der Waals surface area contributed by atoms with E-state index in [0.717, 1.165) is 29.0 Å². The van der Waals surface area contributed by atoms with Crippen LogP contribution in [0.25, 0.3) is 0 Å². The maximum absolute atomic E-state index is 11.1. The second-order valence-corrected chi connectivity index (χ2v) is 5.14. The maximum atomic E-state index is 11.1. The van der Waals surface area contributed by atoms with E-state index >= 15 is 0 Å². The van der Waals surface area contributed by atoms with Gasteiger partial charge >= 0.3 is 5.97 Å². The number of thiophene rings is 1. The van der Waals surface area contributed by atoms with Gasteiger partial charge in [0.15, 0.2) is 5.60 Å². The van der Waals surface area contributed by atoms with Crippen LogP contribution in [0, 0.1) is 0 Å². The van der Waals surface area contributed by atoms with Crippen LogP contribution >= 0.6 is 11.3 Å². The van der Waals surface area contributed by atoms with Crippen molar-refractivity contribution in [2.24, 2.45) is 0 Å². The Bertz CT molecular complexity index is 397. The van der Waals surface area contributed by atoms with E-state index in [9.17, 15) is 9.90 Å². The predicted molar refractivity (Wildman–Crippen MR) is 58.2 cm³/mol. The highest BCUT2D eigenvalue weighted by Gasteiger charge is 2.42. The Kier molecular flexibility index (Phi) is 2.56. The number of hydrogen-bond acceptors (Lipinski definition) is 3. The molecule has 1 aliphatic carbocycles. The average molecular weight is 226 g/mol. The van der Waals surface area contributed by atoms with Crippen LogP contribution in [0.3, 0.4) is 0 Å². The van der Waals surface area contributed by atoms with Gasteiger partial charge in [0.1, 0.15) is 0 Å². The van der Waals surface area contributed by atoms with Crippen LogP contribution in [0.4, 0.5) is 0 Å². The zero-order chi connectivity index (χ0) is 11.1. The summed E-state index contributed by atoms with van der Waals surface area (Å²) >= 11 is 1.63. The van der Waals surface area contributed by atoms with Crippen molar-refractivity contribution in [2.45, 2.75) is 38.2 Å². The van der Waals surface area contributed by atoms with Crippen molar-refractivity contribution in [3.63, 3.8) is 0 Å². The highest BCUT2D eigenvalue weighted by atomic mass is 32.1. The molecule has 3 nitrogen and oxygen atoms in total. The zero-order valence-corrected chi connectivity index (χ0v) is 9.43. The molecule has 15 heavy (non-hydrogen) atoms. The molecule has 2 N–H and O–H groups in total. The summed E-state index contributed by atoms with van der Waals surface area (Å²) in [6.45, 7) is 2.04. The third-order valence-corrected chi connectivity index (χ3v) is 4.29. The molecular formula is C11H14O3S. The fourth-order valence-corrected chi connectivity index (χ4v) is 3.28. The minimum Gasteiger partial charge on any atom is -0.479 e. The van der Waals surface area contributed by atoms with Crippen LogP contribution in [-0.2, 0) is 23.2 Å². The molecule has 0 aliphatic heterocycles. The van der Waals surface area contributed by atoms with Gasteiger partial charge in [0, 0.05) is 15.3 Å². The molecule has 1 heterocycles. The van der Waals surface area contributed by atoms with Crippen LogP contribution in [0.1, 0.15) is 35.1 Å². The summed E-state index contributed by atoms with van der Waals surface area (Å²) in [6, 6.07) is 1.85. The first-order valence-corrected chi connectivity index (χ1v) is 5.97. The standard InChI is InChI=1S/C11H14O3S/c1-2-7-6-8-9(15-7)4-3-5-11(8,14)10(12)13/h6,14H,2-5H2,1H3,(H,12,13). The number of fused-ring (bicyclic) bond motifs is 1. The Hall–Kier alpha value is -0.870. The summed E-state index contributed by atoms with van der Waals surface area (Å²) in [5.41, 5.74) is -1.01. The van der Waals surface area contributed by atoms with E-state index in [0.29, 0.717) is 12.0 Å². The highest BCUT2D eigenvalue weighted by molar-refractivity contribution is 7.12. The zero-order valence-electron chi connectivity index (χ0n) is 8.62. The smallest absolute Gasteiger partial charge is 0.340 e. The molecule has 1 unspecified atom stereocenters. The molecular weight excluding hydrogens is 212 g/mol. The van der Waals surface area contributed by atoms with Crippen molar-refractivity contribution in [3.05, 3.63) is 21.4 Å². The fourth-order valence-electron chi connectivity index (χ4n) is 2.06. The number of carboxylic acids is 1. The van der Waals surface area contributed by atoms with Crippen LogP contribution < -0.4 is 0 Å². The van der Waals surface area contributed by atoms with Crippen molar-refractivity contribution in [2.75, 3.05) is 0 Å². The van der Waals surface area contributed by atoms with Gasteiger partial charge in [-0.1, -0.05) is 6.92 Å². The van der Waals surface area contributed by atoms with Crippen molar-refractivity contribution in [1.29, 1.82) is 0 Å². The largest absolute Gasteiger partial charge is 0.479 e. The number of carbonyl (C=O) groups is 1. The molecule has 0 bridgehead atoms. The molecule has 0 radical (unpaired) electrons. The lowest BCUT2D eigenvalue weighted by atomic mass is 9.83. The first-order chi connectivity index (χ1) is 7.08. The molecule has 1 atom stereocenters. The van der Waals surface area contributed by atoms with Gasteiger partial charge in [0.25, 0.3) is 0 Å². The molecule has 2 rings (SSSR count). The molecule has 82 valence electrons. The van der Waals surface area contributed by atoms with Crippen LogP contribution in [0.2, 0.25) is 0 Å². The molecule has 0 saturated heterocycles. The molecule has 0 fully saturated rings. The summed E-state index contributed by atoms with van der Waals surface area (Å²) < 4.78 is 0. The second kappa shape index (κ2) is 3.61. The van der Waals surface area contributed by atoms with E-state index in [-0.39, 0.29) is 0 Å². The molecule has 0 saturated carbocycles. The summed E-state index contributed by atoms with van der Waals surface area (Å²) in [7, 11) is 0. The number of hydrogen-bond donors (Lipinski definition) is 2.